The van der Waals surface area contributed by atoms with E-state index in [0.717, 1.165) is 0 Å². The third-order valence-electron chi connectivity index (χ3n) is 0. The van der Waals surface area contributed by atoms with Crippen molar-refractivity contribution >= 4 is 0 Å². The molecular weight excluding hydrogens is 937 g/mol. The molecule has 0 spiro atoms. The fourth-order valence-corrected chi connectivity index (χ4v) is 0. The van der Waals surface area contributed by atoms with Gasteiger partial charge in [-0.25, -0.2) is 0 Å². The Bertz CT molecular complexity index is 0. The van der Waals surface area contributed by atoms with Crippen molar-refractivity contribution in [3.05, 3.63) is 0 Å². The van der Waals surface area contributed by atoms with E-state index in [1.54, 1.807) is 0 Å². The lowest BCUT2D eigenvalue weighted by Crippen LogP contribution is -0.856. The van der Waals surface area contributed by atoms with Crippen molar-refractivity contribution in [2.24, 2.45) is 0 Å². The molecule has 0 unspecified atom stereocenters. The minimum Gasteiger partial charge on any atom is -0.0683 e. The standard InChI is InChI=1S/39C2H6/c39*1-2/h39*1-2H3. The Labute approximate surface area is 537 Å². The minimum atomic E-state index is 2.00. The van der Waals surface area contributed by atoms with Crippen molar-refractivity contribution in [1.82, 2.24) is 0 Å². The second kappa shape index (κ2) is 0. The number of hydrogen-bond donors (Lipinski definition) is 0. The van der Waals surface area contributed by atoms with E-state index in [4.69, 9.17) is 0 Å². The molecule has 0 atom stereocenters. The Balaban J connectivity index is -0.00000000541. The lowest BCUT2D eigenvalue weighted by atomic mass is 11.0. The molecule has 0 amide bonds. The molecular formula is C78H234. The van der Waals surface area contributed by atoms with E-state index in [2.05, 4.69) is 0 Å². The van der Waals surface area contributed by atoms with Gasteiger partial charge in [-0.1, -0.05) is 540 Å². The predicted octanol–water partition coefficient (Wildman–Crippen LogP) is 40.0. The molecule has 0 aliphatic rings. The van der Waals surface area contributed by atoms with Crippen molar-refractivity contribution in [1.29, 1.82) is 0 Å². The summed E-state index contributed by atoms with van der Waals surface area (Å²) >= 11 is 0. The summed E-state index contributed by atoms with van der Waals surface area (Å²) in [5.41, 5.74) is 0. The van der Waals surface area contributed by atoms with Gasteiger partial charge in [0.2, 0.25) is 0 Å². The van der Waals surface area contributed by atoms with Crippen LogP contribution >= 0.6 is 0 Å². The summed E-state index contributed by atoms with van der Waals surface area (Å²) in [7, 11) is 0. The Kier molecular flexibility index (Phi) is 0. The summed E-state index contributed by atoms with van der Waals surface area (Å²) in [5.74, 6) is 0. The molecule has 0 fully saturated rings. The largest absolute Gasteiger partial charge is 0.0683 e. The van der Waals surface area contributed by atoms with Crippen molar-refractivity contribution in [3.63, 3.8) is 0 Å². The molecule has 0 radical (unpaired) electrons. The van der Waals surface area contributed by atoms with Crippen molar-refractivity contribution in [2.75, 3.05) is 0 Å². The Morgan fingerprint density at radius 3 is 0.0256 bits per heavy atom. The quantitative estimate of drug-likeness (QED) is 0.227. The molecule has 0 aromatic rings. The zero-order valence-electron chi connectivity index (χ0n) is 78.0. The van der Waals surface area contributed by atoms with E-state index >= 15 is 0 Å². The zero-order chi connectivity index (χ0) is 78.0. The second-order valence-electron chi connectivity index (χ2n) is 0. The van der Waals surface area contributed by atoms with Gasteiger partial charge in [0.05, 0.1) is 0 Å². The average molecular weight is 1170 g/mol. The first-order valence-corrected chi connectivity index (χ1v) is 39.0. The van der Waals surface area contributed by atoms with Crippen LogP contribution in [-0.4, -0.2) is 0 Å². The molecule has 0 heteroatoms. The Morgan fingerprint density at radius 1 is 0.0256 bits per heavy atom. The molecule has 0 saturated carbocycles. The Morgan fingerprint density at radius 2 is 0.0256 bits per heavy atom. The van der Waals surface area contributed by atoms with Crippen molar-refractivity contribution in [3.8, 4) is 0 Å². The van der Waals surface area contributed by atoms with Crippen LogP contribution in [0.5, 0.6) is 0 Å². The van der Waals surface area contributed by atoms with Crippen LogP contribution in [-0.2, 0) is 0 Å². The molecule has 0 rings (SSSR count). The highest BCUT2D eigenvalue weighted by atomic mass is 13.1. The van der Waals surface area contributed by atoms with Gasteiger partial charge in [0.1, 0.15) is 0 Å². The third-order valence-corrected chi connectivity index (χ3v) is 0. The lowest BCUT2D eigenvalue weighted by Gasteiger charge is -1.07. The predicted molar refractivity (Wildman–Crippen MR) is 443 cm³/mol. The lowest BCUT2D eigenvalue weighted by molar-refractivity contribution is 1.50. The van der Waals surface area contributed by atoms with E-state index in [0.29, 0.717) is 0 Å². The highest BCUT2D eigenvalue weighted by Crippen LogP contribution is 1.22. The molecule has 0 nitrogen and oxygen atoms in total. The average Bonchev–Trinajstić information content (AvgIpc) is 3.69. The van der Waals surface area contributed by atoms with Gasteiger partial charge >= 0.3 is 0 Å². The zero-order valence-corrected chi connectivity index (χ0v) is 78.0. The Hall–Kier alpha value is 0. The van der Waals surface area contributed by atoms with Gasteiger partial charge in [-0.3, -0.25) is 0 Å². The van der Waals surface area contributed by atoms with Crippen LogP contribution in [0.2, 0.25) is 0 Å². The fraction of sp³-hybridized carbons (Fsp3) is 1.00. The highest BCUT2D eigenvalue weighted by Gasteiger charge is 1.01. The van der Waals surface area contributed by atoms with Gasteiger partial charge in [-0.15, -0.1) is 0 Å². The molecule has 0 N–H and O–H groups in total. The first-order valence-electron chi connectivity index (χ1n) is 39.0. The highest BCUT2D eigenvalue weighted by molar-refractivity contribution is 3.58. The molecule has 0 aliphatic carbocycles. The normalized spacial score (nSPS) is 3.00. The van der Waals surface area contributed by atoms with Gasteiger partial charge in [0.25, 0.3) is 0 Å². The summed E-state index contributed by atoms with van der Waals surface area (Å²) in [6.07, 6.45) is 0. The summed E-state index contributed by atoms with van der Waals surface area (Å²) in [4.78, 5) is 0. The van der Waals surface area contributed by atoms with Crippen LogP contribution < -0.4 is 0 Å². The van der Waals surface area contributed by atoms with Gasteiger partial charge < -0.3 is 0 Å². The molecule has 0 aromatic carbocycles. The molecule has 0 aliphatic heterocycles. The topological polar surface area (TPSA) is 0 Å². The summed E-state index contributed by atoms with van der Waals surface area (Å²) in [5, 5.41) is 0. The maximum absolute atomic E-state index is 2.00. The van der Waals surface area contributed by atoms with E-state index < -0.39 is 0 Å². The third kappa shape index (κ3) is 0. The number of hydrogen-bond acceptors (Lipinski definition) is 0. The fourth-order valence-electron chi connectivity index (χ4n) is 0. The maximum Gasteiger partial charge on any atom is -0.0683 e. The van der Waals surface area contributed by atoms with Crippen molar-refractivity contribution in [2.45, 2.75) is 540 Å². The SMILES string of the molecule is CC.CC.CC.CC.CC.CC.CC.CC.CC.CC.CC.CC.CC.CC.CC.CC.CC.CC.CC.CC.CC.CC.CC.CC.CC.CC.CC.CC.CC.CC.CC.CC.CC.CC.CC.CC.CC.CC.CC. The van der Waals surface area contributed by atoms with Crippen LogP contribution in [0, 0.1) is 0 Å². The van der Waals surface area contributed by atoms with Crippen LogP contribution in [0.15, 0.2) is 0 Å². The summed E-state index contributed by atoms with van der Waals surface area (Å²) in [6, 6.07) is 0. The summed E-state index contributed by atoms with van der Waals surface area (Å²) in [6.45, 7) is 156. The molecule has 0 heterocycles. The minimum absolute atomic E-state index is 2.00. The maximum atomic E-state index is 2.00. The molecule has 0 saturated heterocycles. The van der Waals surface area contributed by atoms with Gasteiger partial charge in [-0.05, 0) is 0 Å². The van der Waals surface area contributed by atoms with Crippen LogP contribution in [0.1, 0.15) is 540 Å². The molecule has 78 heavy (non-hydrogen) atoms. The van der Waals surface area contributed by atoms with E-state index in [-0.39, 0.29) is 0 Å². The monoisotopic (exact) mass is 1170 g/mol. The van der Waals surface area contributed by atoms with Gasteiger partial charge in [-0.2, -0.15) is 0 Å². The molecule has 546 valence electrons. The van der Waals surface area contributed by atoms with Gasteiger partial charge in [0.15, 0.2) is 0 Å². The summed E-state index contributed by atoms with van der Waals surface area (Å²) < 4.78 is 0. The van der Waals surface area contributed by atoms with Crippen LogP contribution in [0.25, 0.3) is 0 Å². The van der Waals surface area contributed by atoms with E-state index in [9.17, 15) is 0 Å². The smallest absolute Gasteiger partial charge is 0.0683 e. The molecule has 0 bridgehead atoms. The molecule has 0 aromatic heterocycles. The first kappa shape index (κ1) is 304. The van der Waals surface area contributed by atoms with Crippen LogP contribution in [0.4, 0.5) is 0 Å². The van der Waals surface area contributed by atoms with E-state index in [1.165, 1.54) is 0 Å². The van der Waals surface area contributed by atoms with Crippen LogP contribution in [0.3, 0.4) is 0 Å². The van der Waals surface area contributed by atoms with Gasteiger partial charge in [0, 0.05) is 0 Å². The number of rotatable bonds is 0. The van der Waals surface area contributed by atoms with Crippen molar-refractivity contribution < 1.29 is 0 Å². The first-order chi connectivity index (χ1) is 39.0. The second-order valence-corrected chi connectivity index (χ2v) is 0. The van der Waals surface area contributed by atoms with E-state index in [1.807, 2.05) is 540 Å².